The smallest absolute Gasteiger partial charge is 0.411 e. The monoisotopic (exact) mass is 261 g/mol. The fourth-order valence-electron chi connectivity index (χ4n) is 2.02. The molecule has 1 unspecified atom stereocenters. The Labute approximate surface area is 113 Å². The first-order valence-corrected chi connectivity index (χ1v) is 6.43. The van der Waals surface area contributed by atoms with E-state index in [1.165, 1.54) is 4.90 Å². The molecule has 102 valence electrons. The van der Waals surface area contributed by atoms with Crippen molar-refractivity contribution in [3.8, 4) is 0 Å². The van der Waals surface area contributed by atoms with Crippen molar-refractivity contribution in [2.75, 3.05) is 6.54 Å². The average Bonchev–Trinajstić information content (AvgIpc) is 2.32. The van der Waals surface area contributed by atoms with Crippen molar-refractivity contribution in [1.29, 1.82) is 0 Å². The summed E-state index contributed by atoms with van der Waals surface area (Å²) in [5, 5.41) is 0. The number of benzene rings is 1. The number of carbonyl (C=O) groups excluding carboxylic acids is 2. The first kappa shape index (κ1) is 13.6. The predicted molar refractivity (Wildman–Crippen MR) is 71.9 cm³/mol. The lowest BCUT2D eigenvalue weighted by Gasteiger charge is -2.39. The Bertz CT molecular complexity index is 476. The topological polar surface area (TPSA) is 46.6 Å². The molecule has 1 aromatic rings. The van der Waals surface area contributed by atoms with E-state index in [-0.39, 0.29) is 18.4 Å². The molecule has 19 heavy (non-hydrogen) atoms. The summed E-state index contributed by atoms with van der Waals surface area (Å²) in [6.45, 7) is 5.61. The lowest BCUT2D eigenvalue weighted by Crippen LogP contribution is -2.61. The van der Waals surface area contributed by atoms with Gasteiger partial charge in [-0.25, -0.2) is 4.79 Å². The molecule has 0 aromatic heterocycles. The van der Waals surface area contributed by atoms with Crippen molar-refractivity contribution in [3.63, 3.8) is 0 Å². The normalized spacial score (nSPS) is 19.0. The van der Waals surface area contributed by atoms with Crippen molar-refractivity contribution >= 4 is 11.9 Å². The number of likely N-dealkylation sites (tertiary alicyclic amines) is 1. The van der Waals surface area contributed by atoms with Crippen molar-refractivity contribution in [2.24, 2.45) is 0 Å². The van der Waals surface area contributed by atoms with Crippen LogP contribution in [0.3, 0.4) is 0 Å². The Morgan fingerprint density at radius 3 is 2.47 bits per heavy atom. The number of amides is 1. The number of carbonyl (C=O) groups is 2. The Morgan fingerprint density at radius 2 is 1.95 bits per heavy atom. The van der Waals surface area contributed by atoms with Crippen LogP contribution in [0, 0.1) is 0 Å². The molecule has 0 bridgehead atoms. The summed E-state index contributed by atoms with van der Waals surface area (Å²) in [6, 6.07) is 9.32. The van der Waals surface area contributed by atoms with Gasteiger partial charge in [-0.2, -0.15) is 0 Å². The van der Waals surface area contributed by atoms with Gasteiger partial charge in [-0.1, -0.05) is 30.3 Å². The zero-order chi connectivity index (χ0) is 14.0. The van der Waals surface area contributed by atoms with Crippen LogP contribution in [0.4, 0.5) is 4.79 Å². The molecular formula is C15H19NO3. The largest absolute Gasteiger partial charge is 0.444 e. The molecule has 4 nitrogen and oxygen atoms in total. The Hall–Kier alpha value is -1.84. The molecule has 0 aliphatic carbocycles. The lowest BCUT2D eigenvalue weighted by atomic mass is 9.94. The van der Waals surface area contributed by atoms with E-state index < -0.39 is 11.7 Å². The fourth-order valence-corrected chi connectivity index (χ4v) is 2.02. The summed E-state index contributed by atoms with van der Waals surface area (Å²) in [7, 11) is 0. The third kappa shape index (κ3) is 3.34. The van der Waals surface area contributed by atoms with Crippen molar-refractivity contribution in [1.82, 2.24) is 4.90 Å². The van der Waals surface area contributed by atoms with Gasteiger partial charge in [0.1, 0.15) is 11.6 Å². The second-order valence-electron chi connectivity index (χ2n) is 5.78. The van der Waals surface area contributed by atoms with Gasteiger partial charge in [0, 0.05) is 6.42 Å². The molecule has 1 fully saturated rings. The fraction of sp³-hybridized carbons (Fsp3) is 0.467. The van der Waals surface area contributed by atoms with Crippen molar-refractivity contribution in [2.45, 2.75) is 38.8 Å². The molecule has 1 amide bonds. The van der Waals surface area contributed by atoms with Crippen LogP contribution in [-0.2, 0) is 16.0 Å². The van der Waals surface area contributed by atoms with Gasteiger partial charge >= 0.3 is 6.09 Å². The molecule has 1 heterocycles. The van der Waals surface area contributed by atoms with Crippen LogP contribution in [0.15, 0.2) is 30.3 Å². The third-order valence-corrected chi connectivity index (χ3v) is 2.97. The summed E-state index contributed by atoms with van der Waals surface area (Å²) in [4.78, 5) is 25.1. The van der Waals surface area contributed by atoms with E-state index in [9.17, 15) is 9.59 Å². The van der Waals surface area contributed by atoms with E-state index in [1.807, 2.05) is 51.1 Å². The van der Waals surface area contributed by atoms with E-state index >= 15 is 0 Å². The highest BCUT2D eigenvalue weighted by Crippen LogP contribution is 2.21. The molecular weight excluding hydrogens is 242 g/mol. The van der Waals surface area contributed by atoms with Crippen LogP contribution >= 0.6 is 0 Å². The second-order valence-corrected chi connectivity index (χ2v) is 5.78. The Kier molecular flexibility index (Phi) is 3.60. The quantitative estimate of drug-likeness (QED) is 0.821. The Balaban J connectivity index is 2.00. The molecule has 0 radical (unpaired) electrons. The molecule has 0 N–H and O–H groups in total. The first-order valence-electron chi connectivity index (χ1n) is 6.43. The minimum Gasteiger partial charge on any atom is -0.444 e. The van der Waals surface area contributed by atoms with Crippen LogP contribution < -0.4 is 0 Å². The highest BCUT2D eigenvalue weighted by atomic mass is 16.6. The molecule has 2 rings (SSSR count). The molecule has 4 heteroatoms. The highest BCUT2D eigenvalue weighted by Gasteiger charge is 2.42. The highest BCUT2D eigenvalue weighted by molar-refractivity contribution is 5.97. The zero-order valence-electron chi connectivity index (χ0n) is 11.6. The number of hydrogen-bond donors (Lipinski definition) is 0. The van der Waals surface area contributed by atoms with Gasteiger partial charge in [-0.05, 0) is 26.3 Å². The lowest BCUT2D eigenvalue weighted by molar-refractivity contribution is -0.135. The Morgan fingerprint density at radius 1 is 1.32 bits per heavy atom. The molecule has 1 aromatic carbocycles. The SMILES string of the molecule is CC(C)(C)OC(=O)N1CC(=O)C1Cc1ccccc1. The van der Waals surface area contributed by atoms with Crippen LogP contribution in [-0.4, -0.2) is 35.0 Å². The van der Waals surface area contributed by atoms with E-state index in [4.69, 9.17) is 4.74 Å². The standard InChI is InChI=1S/C15H19NO3/c1-15(2,3)19-14(18)16-10-13(17)12(16)9-11-7-5-4-6-8-11/h4-8,12H,9-10H2,1-3H3. The van der Waals surface area contributed by atoms with Gasteiger partial charge in [0.25, 0.3) is 0 Å². The molecule has 1 aliphatic rings. The maximum absolute atomic E-state index is 11.9. The number of ether oxygens (including phenoxy) is 1. The number of rotatable bonds is 2. The van der Waals surface area contributed by atoms with Crippen molar-refractivity contribution < 1.29 is 14.3 Å². The second kappa shape index (κ2) is 5.03. The number of ketones is 1. The summed E-state index contributed by atoms with van der Waals surface area (Å²) < 4.78 is 5.29. The van der Waals surface area contributed by atoms with Gasteiger partial charge in [-0.3, -0.25) is 9.69 Å². The number of hydrogen-bond acceptors (Lipinski definition) is 3. The molecule has 0 spiro atoms. The maximum Gasteiger partial charge on any atom is 0.411 e. The van der Waals surface area contributed by atoms with E-state index in [0.717, 1.165) is 5.56 Å². The summed E-state index contributed by atoms with van der Waals surface area (Å²) in [5.74, 6) is 0.0923. The molecule has 1 aliphatic heterocycles. The number of nitrogens with zero attached hydrogens (tertiary/aromatic N) is 1. The van der Waals surface area contributed by atoms with Gasteiger partial charge in [-0.15, -0.1) is 0 Å². The van der Waals surface area contributed by atoms with E-state index in [0.29, 0.717) is 6.42 Å². The first-order chi connectivity index (χ1) is 8.87. The summed E-state index contributed by atoms with van der Waals surface area (Å²) >= 11 is 0. The number of Topliss-reactive ketones (excluding diaryl/α,β-unsaturated/α-hetero) is 1. The van der Waals surface area contributed by atoms with Crippen molar-refractivity contribution in [3.05, 3.63) is 35.9 Å². The molecule has 0 saturated carbocycles. The average molecular weight is 261 g/mol. The third-order valence-electron chi connectivity index (χ3n) is 2.97. The molecule has 1 saturated heterocycles. The van der Waals surface area contributed by atoms with E-state index in [2.05, 4.69) is 0 Å². The minimum absolute atomic E-state index is 0.0923. The van der Waals surface area contributed by atoms with Crippen LogP contribution in [0.2, 0.25) is 0 Å². The van der Waals surface area contributed by atoms with Gasteiger partial charge in [0.15, 0.2) is 5.78 Å². The van der Waals surface area contributed by atoms with Crippen LogP contribution in [0.25, 0.3) is 0 Å². The zero-order valence-corrected chi connectivity index (χ0v) is 11.6. The summed E-state index contributed by atoms with van der Waals surface area (Å²) in [5.41, 5.74) is 0.515. The van der Waals surface area contributed by atoms with Gasteiger partial charge in [0.05, 0.1) is 6.54 Å². The maximum atomic E-state index is 11.9. The minimum atomic E-state index is -0.535. The predicted octanol–water partition coefficient (Wildman–Crippen LogP) is 2.42. The molecule has 1 atom stereocenters. The van der Waals surface area contributed by atoms with E-state index in [1.54, 1.807) is 0 Å². The van der Waals surface area contributed by atoms with Crippen LogP contribution in [0.1, 0.15) is 26.3 Å². The van der Waals surface area contributed by atoms with Crippen LogP contribution in [0.5, 0.6) is 0 Å². The summed E-state index contributed by atoms with van der Waals surface area (Å²) in [6.07, 6.45) is 0.145. The van der Waals surface area contributed by atoms with Gasteiger partial charge in [0.2, 0.25) is 0 Å². The van der Waals surface area contributed by atoms with Gasteiger partial charge < -0.3 is 4.74 Å².